The van der Waals surface area contributed by atoms with Crippen LogP contribution in [0.4, 0.5) is 0 Å². The van der Waals surface area contributed by atoms with E-state index in [0.717, 1.165) is 29.4 Å². The average molecular weight is 387 g/mol. The third-order valence-corrected chi connectivity index (χ3v) is 4.86. The summed E-state index contributed by atoms with van der Waals surface area (Å²) in [6.07, 6.45) is 1.92. The van der Waals surface area contributed by atoms with Crippen LogP contribution in [0.25, 0.3) is 0 Å². The maximum Gasteiger partial charge on any atom is 0.0624 e. The molecule has 0 aliphatic carbocycles. The Morgan fingerprint density at radius 2 is 1.76 bits per heavy atom. The first-order chi connectivity index (χ1) is 10.1. The molecule has 1 atom stereocenters. The van der Waals surface area contributed by atoms with E-state index in [1.54, 1.807) is 0 Å². The first-order valence-electron chi connectivity index (χ1n) is 6.92. The highest BCUT2D eigenvalue weighted by molar-refractivity contribution is 9.10. The van der Waals surface area contributed by atoms with Gasteiger partial charge in [0.15, 0.2) is 0 Å². The molecule has 1 nitrogen and oxygen atoms in total. The van der Waals surface area contributed by atoms with Crippen molar-refractivity contribution in [1.29, 1.82) is 0 Å². The molecule has 112 valence electrons. The Hall–Kier alpha value is -0.540. The molecule has 2 aromatic carbocycles. The lowest BCUT2D eigenvalue weighted by molar-refractivity contribution is 0.493. The van der Waals surface area contributed by atoms with Gasteiger partial charge in [-0.05, 0) is 61.7 Å². The van der Waals surface area contributed by atoms with Crippen LogP contribution >= 0.6 is 39.1 Å². The Morgan fingerprint density at radius 1 is 1.05 bits per heavy atom. The third kappa shape index (κ3) is 5.00. The number of nitrogens with one attached hydrogen (secondary N) is 1. The van der Waals surface area contributed by atoms with Crippen molar-refractivity contribution in [3.8, 4) is 0 Å². The number of benzene rings is 2. The van der Waals surface area contributed by atoms with Crippen molar-refractivity contribution >= 4 is 39.1 Å². The van der Waals surface area contributed by atoms with Gasteiger partial charge in [0.25, 0.3) is 0 Å². The lowest BCUT2D eigenvalue weighted by atomic mass is 9.92. The monoisotopic (exact) mass is 385 g/mol. The van der Waals surface area contributed by atoms with Gasteiger partial charge in [0.2, 0.25) is 0 Å². The van der Waals surface area contributed by atoms with Crippen LogP contribution in [0.3, 0.4) is 0 Å². The van der Waals surface area contributed by atoms with Crippen LogP contribution in [-0.4, -0.2) is 13.6 Å². The number of hydrogen-bond acceptors (Lipinski definition) is 1. The molecule has 1 unspecified atom stereocenters. The van der Waals surface area contributed by atoms with Gasteiger partial charge in [-0.2, -0.15) is 0 Å². The quantitative estimate of drug-likeness (QED) is 0.702. The molecular formula is C17H18BrCl2N. The van der Waals surface area contributed by atoms with E-state index in [4.69, 9.17) is 23.2 Å². The maximum absolute atomic E-state index is 6.30. The number of hydrogen-bond donors (Lipinski definition) is 1. The molecule has 0 saturated heterocycles. The summed E-state index contributed by atoms with van der Waals surface area (Å²) >= 11 is 15.9. The summed E-state index contributed by atoms with van der Waals surface area (Å²) in [4.78, 5) is 0. The fourth-order valence-electron chi connectivity index (χ4n) is 2.48. The predicted octanol–water partition coefficient (Wildman–Crippen LogP) is 5.38. The highest BCUT2D eigenvalue weighted by atomic mass is 79.9. The Kier molecular flexibility index (Phi) is 6.56. The topological polar surface area (TPSA) is 12.0 Å². The molecule has 0 amide bonds. The van der Waals surface area contributed by atoms with E-state index >= 15 is 0 Å². The molecular weight excluding hydrogens is 369 g/mol. The zero-order valence-electron chi connectivity index (χ0n) is 11.9. The summed E-state index contributed by atoms with van der Waals surface area (Å²) in [5.74, 6) is 0.479. The average Bonchev–Trinajstić information content (AvgIpc) is 2.46. The molecule has 0 fully saturated rings. The van der Waals surface area contributed by atoms with Crippen molar-refractivity contribution in [3.05, 3.63) is 68.1 Å². The van der Waals surface area contributed by atoms with Gasteiger partial charge < -0.3 is 5.32 Å². The van der Waals surface area contributed by atoms with E-state index < -0.39 is 0 Å². The van der Waals surface area contributed by atoms with Crippen molar-refractivity contribution in [1.82, 2.24) is 5.32 Å². The summed E-state index contributed by atoms with van der Waals surface area (Å²) in [5, 5.41) is 4.57. The zero-order valence-corrected chi connectivity index (χ0v) is 15.0. The van der Waals surface area contributed by atoms with Crippen molar-refractivity contribution in [3.63, 3.8) is 0 Å². The minimum atomic E-state index is 0.479. The lowest BCUT2D eigenvalue weighted by Crippen LogP contribution is -2.23. The van der Waals surface area contributed by atoms with E-state index in [9.17, 15) is 0 Å². The van der Waals surface area contributed by atoms with Crippen LogP contribution in [-0.2, 0) is 12.8 Å². The van der Waals surface area contributed by atoms with Crippen LogP contribution in [0.15, 0.2) is 46.9 Å². The molecule has 0 aliphatic rings. The van der Waals surface area contributed by atoms with Gasteiger partial charge in [0, 0.05) is 4.47 Å². The number of rotatable bonds is 6. The van der Waals surface area contributed by atoms with Crippen LogP contribution in [0.2, 0.25) is 10.0 Å². The Bertz CT molecular complexity index is 584. The maximum atomic E-state index is 6.30. The van der Waals surface area contributed by atoms with Gasteiger partial charge in [-0.15, -0.1) is 0 Å². The molecule has 0 aromatic heterocycles. The second kappa shape index (κ2) is 8.19. The van der Waals surface area contributed by atoms with Gasteiger partial charge in [0.05, 0.1) is 10.0 Å². The largest absolute Gasteiger partial charge is 0.319 e. The highest BCUT2D eigenvalue weighted by Gasteiger charge is 2.13. The summed E-state index contributed by atoms with van der Waals surface area (Å²) in [5.41, 5.74) is 2.44. The smallest absolute Gasteiger partial charge is 0.0624 e. The van der Waals surface area contributed by atoms with Crippen molar-refractivity contribution in [2.75, 3.05) is 13.6 Å². The van der Waals surface area contributed by atoms with Gasteiger partial charge in [-0.1, -0.05) is 63.4 Å². The van der Waals surface area contributed by atoms with E-state index in [2.05, 4.69) is 51.6 Å². The molecule has 21 heavy (non-hydrogen) atoms. The molecule has 0 heterocycles. The summed E-state index contributed by atoms with van der Waals surface area (Å²) in [6, 6.07) is 14.3. The van der Waals surface area contributed by atoms with Crippen LogP contribution < -0.4 is 5.32 Å². The third-order valence-electron chi connectivity index (χ3n) is 3.47. The minimum Gasteiger partial charge on any atom is -0.319 e. The molecule has 0 aliphatic heterocycles. The second-order valence-corrected chi connectivity index (χ2v) is 6.87. The fraction of sp³-hybridized carbons (Fsp3) is 0.294. The fourth-order valence-corrected chi connectivity index (χ4v) is 3.14. The Labute approximate surface area is 144 Å². The van der Waals surface area contributed by atoms with Crippen molar-refractivity contribution < 1.29 is 0 Å². The molecule has 0 spiro atoms. The predicted molar refractivity (Wildman–Crippen MR) is 95.4 cm³/mol. The summed E-state index contributed by atoms with van der Waals surface area (Å²) in [7, 11) is 1.98. The standard InChI is InChI=1S/C17H18BrCl2N/c1-21-11-13(9-12-5-7-15(18)8-6-12)10-14-3-2-4-16(19)17(14)20/h2-8,13,21H,9-11H2,1H3. The van der Waals surface area contributed by atoms with E-state index in [-0.39, 0.29) is 0 Å². The van der Waals surface area contributed by atoms with Gasteiger partial charge in [-0.25, -0.2) is 0 Å². The van der Waals surface area contributed by atoms with Crippen molar-refractivity contribution in [2.45, 2.75) is 12.8 Å². The van der Waals surface area contributed by atoms with E-state index in [1.165, 1.54) is 5.56 Å². The van der Waals surface area contributed by atoms with Crippen LogP contribution in [0, 0.1) is 5.92 Å². The number of halogens is 3. The summed E-state index contributed by atoms with van der Waals surface area (Å²) < 4.78 is 1.11. The van der Waals surface area contributed by atoms with Gasteiger partial charge in [-0.3, -0.25) is 0 Å². The molecule has 0 saturated carbocycles. The van der Waals surface area contributed by atoms with Crippen LogP contribution in [0.1, 0.15) is 11.1 Å². The first-order valence-corrected chi connectivity index (χ1v) is 8.47. The zero-order chi connectivity index (χ0) is 15.2. The van der Waals surface area contributed by atoms with Gasteiger partial charge >= 0.3 is 0 Å². The van der Waals surface area contributed by atoms with E-state index in [0.29, 0.717) is 16.0 Å². The lowest BCUT2D eigenvalue weighted by Gasteiger charge is -2.18. The second-order valence-electron chi connectivity index (χ2n) is 5.17. The molecule has 0 radical (unpaired) electrons. The molecule has 2 aromatic rings. The van der Waals surface area contributed by atoms with E-state index in [1.807, 2.05) is 19.2 Å². The van der Waals surface area contributed by atoms with Crippen molar-refractivity contribution in [2.24, 2.45) is 5.92 Å². The molecule has 1 N–H and O–H groups in total. The molecule has 2 rings (SSSR count). The first kappa shape index (κ1) is 16.8. The molecule has 0 bridgehead atoms. The normalized spacial score (nSPS) is 12.4. The Morgan fingerprint density at radius 3 is 2.43 bits per heavy atom. The highest BCUT2D eigenvalue weighted by Crippen LogP contribution is 2.28. The summed E-state index contributed by atoms with van der Waals surface area (Å²) in [6.45, 7) is 0.943. The SMILES string of the molecule is CNCC(Cc1ccc(Br)cc1)Cc1cccc(Cl)c1Cl. The minimum absolute atomic E-state index is 0.479. The van der Waals surface area contributed by atoms with Gasteiger partial charge in [0.1, 0.15) is 0 Å². The molecule has 4 heteroatoms. The van der Waals surface area contributed by atoms with Crippen LogP contribution in [0.5, 0.6) is 0 Å². The Balaban J connectivity index is 2.11.